The molecule has 0 bridgehead atoms. The van der Waals surface area contributed by atoms with Gasteiger partial charge in [-0.15, -0.1) is 0 Å². The molecule has 1 aromatic heterocycles. The Labute approximate surface area is 131 Å². The summed E-state index contributed by atoms with van der Waals surface area (Å²) in [5.74, 6) is 0.231. The van der Waals surface area contributed by atoms with E-state index in [-0.39, 0.29) is 5.82 Å². The lowest BCUT2D eigenvalue weighted by atomic mass is 10.0. The van der Waals surface area contributed by atoms with Crippen LogP contribution >= 0.6 is 0 Å². The predicted octanol–water partition coefficient (Wildman–Crippen LogP) is 4.97. The quantitative estimate of drug-likeness (QED) is 0.668. The molecule has 0 saturated heterocycles. The second-order valence-electron chi connectivity index (χ2n) is 5.55. The van der Waals surface area contributed by atoms with Gasteiger partial charge in [0.25, 0.3) is 0 Å². The average Bonchev–Trinajstić information content (AvgIpc) is 2.82. The highest BCUT2D eigenvalue weighted by molar-refractivity contribution is 7.85. The summed E-state index contributed by atoms with van der Waals surface area (Å²) in [7, 11) is -1.47. The number of hydrogen-bond donors (Lipinski definition) is 0. The predicted molar refractivity (Wildman–Crippen MR) is 86.2 cm³/mol. The van der Waals surface area contributed by atoms with E-state index in [2.05, 4.69) is 6.07 Å². The van der Waals surface area contributed by atoms with Crippen molar-refractivity contribution in [3.05, 3.63) is 58.6 Å². The molecule has 0 amide bonds. The molecule has 2 aromatic carbocycles. The zero-order valence-electron chi connectivity index (χ0n) is 13.0. The van der Waals surface area contributed by atoms with Gasteiger partial charge in [0.1, 0.15) is 17.2 Å². The van der Waals surface area contributed by atoms with Crippen LogP contribution in [0.15, 0.2) is 44.5 Å². The summed E-state index contributed by atoms with van der Waals surface area (Å²) in [6, 6.07) is 7.97. The second kappa shape index (κ2) is 5.36. The minimum Gasteiger partial charge on any atom is -0.460 e. The third-order valence-corrected chi connectivity index (χ3v) is 5.53. The standard InChI is InChI=1S/C18H17FO2S/c1-10-8-11(2)16-17(12(10)3)21-13(4)18(16)22(20)15-7-5-6-14(19)9-15/h5-9H,1-4H3/t22-/m1/s1. The molecule has 1 atom stereocenters. The Morgan fingerprint density at radius 1 is 1.05 bits per heavy atom. The maximum Gasteiger partial charge on any atom is 0.138 e. The molecule has 4 heteroatoms. The molecule has 0 unspecified atom stereocenters. The van der Waals surface area contributed by atoms with Crippen molar-refractivity contribution in [1.82, 2.24) is 0 Å². The highest BCUT2D eigenvalue weighted by Gasteiger charge is 2.22. The van der Waals surface area contributed by atoms with Gasteiger partial charge in [-0.2, -0.15) is 0 Å². The summed E-state index contributed by atoms with van der Waals surface area (Å²) < 4.78 is 32.2. The molecule has 1 heterocycles. The molecule has 0 aliphatic carbocycles. The van der Waals surface area contributed by atoms with Crippen LogP contribution < -0.4 is 0 Å². The number of rotatable bonds is 2. The van der Waals surface area contributed by atoms with Crippen molar-refractivity contribution in [2.75, 3.05) is 0 Å². The third-order valence-electron chi connectivity index (χ3n) is 3.98. The molecule has 2 nitrogen and oxygen atoms in total. The number of benzene rings is 2. The molecule has 0 spiro atoms. The Morgan fingerprint density at radius 2 is 1.77 bits per heavy atom. The van der Waals surface area contributed by atoms with Gasteiger partial charge < -0.3 is 4.42 Å². The van der Waals surface area contributed by atoms with E-state index < -0.39 is 10.8 Å². The maximum absolute atomic E-state index is 13.4. The summed E-state index contributed by atoms with van der Waals surface area (Å²) in [4.78, 5) is 1.09. The van der Waals surface area contributed by atoms with E-state index in [9.17, 15) is 8.60 Å². The lowest BCUT2D eigenvalue weighted by Gasteiger charge is -2.06. The topological polar surface area (TPSA) is 30.2 Å². The fourth-order valence-corrected chi connectivity index (χ4v) is 4.16. The van der Waals surface area contributed by atoms with Crippen molar-refractivity contribution >= 4 is 21.8 Å². The van der Waals surface area contributed by atoms with Gasteiger partial charge in [0.15, 0.2) is 0 Å². The van der Waals surface area contributed by atoms with Crippen LogP contribution in [-0.4, -0.2) is 4.21 Å². The smallest absolute Gasteiger partial charge is 0.138 e. The molecule has 0 N–H and O–H groups in total. The SMILES string of the molecule is Cc1cc(C)c2c([S@](=O)c3cccc(F)c3)c(C)oc2c1C. The van der Waals surface area contributed by atoms with Gasteiger partial charge in [0, 0.05) is 10.3 Å². The van der Waals surface area contributed by atoms with E-state index >= 15 is 0 Å². The van der Waals surface area contributed by atoms with Gasteiger partial charge in [0.2, 0.25) is 0 Å². The van der Waals surface area contributed by atoms with Crippen molar-refractivity contribution in [2.45, 2.75) is 37.5 Å². The van der Waals surface area contributed by atoms with E-state index in [1.54, 1.807) is 19.1 Å². The number of halogens is 1. The molecule has 0 fully saturated rings. The molecular weight excluding hydrogens is 299 g/mol. The summed E-state index contributed by atoms with van der Waals surface area (Å²) in [6.45, 7) is 7.81. The molecule has 114 valence electrons. The Bertz CT molecular complexity index is 909. The first-order chi connectivity index (χ1) is 10.4. The van der Waals surface area contributed by atoms with Gasteiger partial charge in [-0.1, -0.05) is 12.1 Å². The van der Waals surface area contributed by atoms with E-state index in [4.69, 9.17) is 4.42 Å². The van der Waals surface area contributed by atoms with Crippen molar-refractivity contribution in [2.24, 2.45) is 0 Å². The summed E-state index contributed by atoms with van der Waals surface area (Å²) >= 11 is 0. The summed E-state index contributed by atoms with van der Waals surface area (Å²) in [6.07, 6.45) is 0. The molecule has 0 aliphatic rings. The first kappa shape index (κ1) is 15.0. The van der Waals surface area contributed by atoms with Crippen LogP contribution in [0, 0.1) is 33.5 Å². The van der Waals surface area contributed by atoms with Gasteiger partial charge in [-0.05, 0) is 62.6 Å². The molecule has 0 aliphatic heterocycles. The first-order valence-corrected chi connectivity index (χ1v) is 8.22. The number of furan rings is 1. The van der Waals surface area contributed by atoms with Crippen LogP contribution in [0.3, 0.4) is 0 Å². The highest BCUT2D eigenvalue weighted by atomic mass is 32.2. The Balaban J connectivity index is 2.30. The zero-order valence-corrected chi connectivity index (χ0v) is 13.8. The van der Waals surface area contributed by atoms with E-state index in [0.717, 1.165) is 27.7 Å². The fourth-order valence-electron chi connectivity index (χ4n) is 2.76. The van der Waals surface area contributed by atoms with E-state index in [1.807, 2.05) is 20.8 Å². The number of hydrogen-bond acceptors (Lipinski definition) is 2. The number of fused-ring (bicyclic) bond motifs is 1. The Kier molecular flexibility index (Phi) is 3.65. The first-order valence-electron chi connectivity index (χ1n) is 7.07. The van der Waals surface area contributed by atoms with Crippen LogP contribution in [0.2, 0.25) is 0 Å². The molecule has 0 radical (unpaired) electrons. The maximum atomic E-state index is 13.4. The number of aryl methyl sites for hydroxylation is 4. The third kappa shape index (κ3) is 2.28. The van der Waals surface area contributed by atoms with Crippen LogP contribution in [0.4, 0.5) is 4.39 Å². The summed E-state index contributed by atoms with van der Waals surface area (Å²) in [5.41, 5.74) is 3.98. The van der Waals surface area contributed by atoms with E-state index in [1.165, 1.54) is 12.1 Å². The molecule has 3 aromatic rings. The molecular formula is C18H17FO2S. The Morgan fingerprint density at radius 3 is 2.45 bits per heavy atom. The zero-order chi connectivity index (χ0) is 16.0. The fraction of sp³-hybridized carbons (Fsp3) is 0.222. The van der Waals surface area contributed by atoms with Crippen LogP contribution in [-0.2, 0) is 10.8 Å². The van der Waals surface area contributed by atoms with Gasteiger partial charge in [-0.3, -0.25) is 0 Å². The van der Waals surface area contributed by atoms with Gasteiger partial charge in [-0.25, -0.2) is 8.60 Å². The van der Waals surface area contributed by atoms with Crippen molar-refractivity contribution in [3.63, 3.8) is 0 Å². The normalized spacial score (nSPS) is 12.8. The van der Waals surface area contributed by atoms with Crippen molar-refractivity contribution < 1.29 is 13.0 Å². The van der Waals surface area contributed by atoms with Crippen LogP contribution in [0.1, 0.15) is 22.5 Å². The molecule has 3 rings (SSSR count). The highest BCUT2D eigenvalue weighted by Crippen LogP contribution is 2.36. The minimum absolute atomic E-state index is 0.389. The monoisotopic (exact) mass is 316 g/mol. The minimum atomic E-state index is -1.47. The lowest BCUT2D eigenvalue weighted by Crippen LogP contribution is -1.96. The lowest BCUT2D eigenvalue weighted by molar-refractivity contribution is 0.564. The van der Waals surface area contributed by atoms with Gasteiger partial charge >= 0.3 is 0 Å². The van der Waals surface area contributed by atoms with E-state index in [0.29, 0.717) is 15.6 Å². The van der Waals surface area contributed by atoms with Crippen LogP contribution in [0.5, 0.6) is 0 Å². The van der Waals surface area contributed by atoms with Gasteiger partial charge in [0.05, 0.1) is 15.7 Å². The second-order valence-corrected chi connectivity index (χ2v) is 6.97. The van der Waals surface area contributed by atoms with Crippen molar-refractivity contribution in [3.8, 4) is 0 Å². The molecule has 22 heavy (non-hydrogen) atoms. The molecule has 0 saturated carbocycles. The van der Waals surface area contributed by atoms with Crippen LogP contribution in [0.25, 0.3) is 11.0 Å². The average molecular weight is 316 g/mol. The Hall–Kier alpha value is -1.94. The largest absolute Gasteiger partial charge is 0.460 e. The summed E-state index contributed by atoms with van der Waals surface area (Å²) in [5, 5.41) is 0.878. The van der Waals surface area contributed by atoms with Crippen molar-refractivity contribution in [1.29, 1.82) is 0 Å².